The SMILES string of the molecule is COc1ccc2nc(Cl)c(/C=N\NC(=O)c3ccc[nH]3)cc2c1. The number of rotatable bonds is 4. The molecular weight excluding hydrogens is 316 g/mol. The first-order valence-corrected chi connectivity index (χ1v) is 7.16. The normalized spacial score (nSPS) is 11.0. The van der Waals surface area contributed by atoms with Crippen molar-refractivity contribution in [2.24, 2.45) is 5.10 Å². The molecule has 0 unspecified atom stereocenters. The predicted octanol–water partition coefficient (Wildman–Crippen LogP) is 2.99. The number of hydrazone groups is 1. The molecule has 3 aromatic rings. The number of nitrogens with zero attached hydrogens (tertiary/aromatic N) is 2. The molecule has 2 aromatic heterocycles. The topological polar surface area (TPSA) is 79.4 Å². The summed E-state index contributed by atoms with van der Waals surface area (Å²) in [7, 11) is 1.60. The number of halogens is 1. The second-order valence-corrected chi connectivity index (χ2v) is 5.07. The molecule has 3 rings (SSSR count). The van der Waals surface area contributed by atoms with Gasteiger partial charge in [-0.3, -0.25) is 4.79 Å². The van der Waals surface area contributed by atoms with Crippen molar-refractivity contribution < 1.29 is 9.53 Å². The number of hydrogen-bond donors (Lipinski definition) is 2. The molecule has 1 amide bonds. The minimum atomic E-state index is -0.335. The largest absolute Gasteiger partial charge is 0.497 e. The average Bonchev–Trinajstić information content (AvgIpc) is 3.09. The van der Waals surface area contributed by atoms with Gasteiger partial charge in [-0.25, -0.2) is 10.4 Å². The van der Waals surface area contributed by atoms with Crippen molar-refractivity contribution in [3.8, 4) is 5.75 Å². The fourth-order valence-electron chi connectivity index (χ4n) is 2.06. The number of nitrogens with one attached hydrogen (secondary N) is 2. The predicted molar refractivity (Wildman–Crippen MR) is 89.2 cm³/mol. The van der Waals surface area contributed by atoms with Crippen LogP contribution in [-0.4, -0.2) is 29.2 Å². The zero-order chi connectivity index (χ0) is 16.2. The molecule has 0 aliphatic carbocycles. The van der Waals surface area contributed by atoms with E-state index in [1.807, 2.05) is 24.3 Å². The summed E-state index contributed by atoms with van der Waals surface area (Å²) >= 11 is 6.14. The van der Waals surface area contributed by atoms with Crippen LogP contribution in [0.25, 0.3) is 10.9 Å². The highest BCUT2D eigenvalue weighted by Crippen LogP contribution is 2.23. The van der Waals surface area contributed by atoms with Gasteiger partial charge < -0.3 is 9.72 Å². The number of aromatic nitrogens is 2. The number of pyridine rings is 1. The van der Waals surface area contributed by atoms with E-state index in [1.54, 1.807) is 25.4 Å². The third kappa shape index (κ3) is 3.32. The number of amides is 1. The zero-order valence-electron chi connectivity index (χ0n) is 12.2. The van der Waals surface area contributed by atoms with E-state index in [9.17, 15) is 4.79 Å². The van der Waals surface area contributed by atoms with Crippen molar-refractivity contribution in [1.29, 1.82) is 0 Å². The molecule has 0 atom stereocenters. The number of ether oxygens (including phenoxy) is 1. The summed E-state index contributed by atoms with van der Waals surface area (Å²) in [6, 6.07) is 10.7. The Kier molecular flexibility index (Phi) is 4.25. The molecule has 0 saturated heterocycles. The molecule has 7 heteroatoms. The summed E-state index contributed by atoms with van der Waals surface area (Å²) in [5, 5.41) is 5.08. The van der Waals surface area contributed by atoms with Crippen LogP contribution in [0.15, 0.2) is 47.7 Å². The third-order valence-electron chi connectivity index (χ3n) is 3.21. The maximum absolute atomic E-state index is 11.8. The van der Waals surface area contributed by atoms with Gasteiger partial charge in [-0.15, -0.1) is 0 Å². The molecule has 0 spiro atoms. The number of fused-ring (bicyclic) bond motifs is 1. The highest BCUT2D eigenvalue weighted by atomic mass is 35.5. The molecule has 0 saturated carbocycles. The van der Waals surface area contributed by atoms with E-state index in [-0.39, 0.29) is 5.91 Å². The molecule has 0 bridgehead atoms. The van der Waals surface area contributed by atoms with Crippen molar-refractivity contribution in [2.75, 3.05) is 7.11 Å². The Bertz CT molecular complexity index is 875. The van der Waals surface area contributed by atoms with E-state index in [0.29, 0.717) is 16.4 Å². The smallest absolute Gasteiger partial charge is 0.287 e. The summed E-state index contributed by atoms with van der Waals surface area (Å²) in [5.41, 5.74) is 4.19. The van der Waals surface area contributed by atoms with Gasteiger partial charge in [-0.1, -0.05) is 11.6 Å². The molecule has 0 radical (unpaired) electrons. The molecule has 116 valence electrons. The fourth-order valence-corrected chi connectivity index (χ4v) is 2.25. The van der Waals surface area contributed by atoms with Gasteiger partial charge in [0.1, 0.15) is 16.6 Å². The van der Waals surface area contributed by atoms with Gasteiger partial charge in [0.15, 0.2) is 0 Å². The Morgan fingerprint density at radius 2 is 2.26 bits per heavy atom. The third-order valence-corrected chi connectivity index (χ3v) is 3.52. The standard InChI is InChI=1S/C16H13ClN4O2/c1-23-12-4-5-13-10(8-12)7-11(15(17)20-13)9-19-21-16(22)14-3-2-6-18-14/h2-9,18H,1H3,(H,21,22)/b19-9-. The van der Waals surface area contributed by atoms with E-state index in [4.69, 9.17) is 16.3 Å². The minimum Gasteiger partial charge on any atom is -0.497 e. The lowest BCUT2D eigenvalue weighted by atomic mass is 10.1. The number of H-pyrrole nitrogens is 1. The Hall–Kier alpha value is -2.86. The molecule has 0 aliphatic rings. The number of hydrogen-bond acceptors (Lipinski definition) is 4. The van der Waals surface area contributed by atoms with Crippen molar-refractivity contribution in [3.63, 3.8) is 0 Å². The summed E-state index contributed by atoms with van der Waals surface area (Å²) in [6.07, 6.45) is 3.12. The molecule has 23 heavy (non-hydrogen) atoms. The van der Waals surface area contributed by atoms with Crippen LogP contribution in [0.3, 0.4) is 0 Å². The van der Waals surface area contributed by atoms with Crippen LogP contribution in [0.1, 0.15) is 16.1 Å². The van der Waals surface area contributed by atoms with Gasteiger partial charge in [-0.2, -0.15) is 5.10 Å². The second-order valence-electron chi connectivity index (χ2n) is 4.71. The van der Waals surface area contributed by atoms with Gasteiger partial charge in [0.05, 0.1) is 18.8 Å². The monoisotopic (exact) mass is 328 g/mol. The lowest BCUT2D eigenvalue weighted by Gasteiger charge is -2.04. The Labute approximate surface area is 137 Å². The van der Waals surface area contributed by atoms with Crippen molar-refractivity contribution >= 4 is 34.6 Å². The highest BCUT2D eigenvalue weighted by molar-refractivity contribution is 6.32. The first kappa shape index (κ1) is 15.1. The number of aromatic amines is 1. The van der Waals surface area contributed by atoms with Crippen LogP contribution in [0.4, 0.5) is 0 Å². The van der Waals surface area contributed by atoms with Gasteiger partial charge in [0.2, 0.25) is 0 Å². The molecule has 2 N–H and O–H groups in total. The molecule has 2 heterocycles. The maximum Gasteiger partial charge on any atom is 0.287 e. The summed E-state index contributed by atoms with van der Waals surface area (Å²) in [6.45, 7) is 0. The van der Waals surface area contributed by atoms with Crippen LogP contribution < -0.4 is 10.2 Å². The Balaban J connectivity index is 1.82. The van der Waals surface area contributed by atoms with E-state index < -0.39 is 0 Å². The highest BCUT2D eigenvalue weighted by Gasteiger charge is 2.06. The lowest BCUT2D eigenvalue weighted by Crippen LogP contribution is -2.17. The first-order valence-electron chi connectivity index (χ1n) is 6.78. The van der Waals surface area contributed by atoms with Crippen LogP contribution in [-0.2, 0) is 0 Å². The number of carbonyl (C=O) groups excluding carboxylic acids is 1. The molecule has 6 nitrogen and oxygen atoms in total. The number of carbonyl (C=O) groups is 1. The summed E-state index contributed by atoms with van der Waals surface area (Å²) in [5.74, 6) is 0.391. The minimum absolute atomic E-state index is 0.306. The van der Waals surface area contributed by atoms with Crippen LogP contribution in [0.5, 0.6) is 5.75 Å². The van der Waals surface area contributed by atoms with Crippen LogP contribution in [0, 0.1) is 0 Å². The van der Waals surface area contributed by atoms with Gasteiger partial charge in [0, 0.05) is 17.1 Å². The number of benzene rings is 1. The van der Waals surface area contributed by atoms with Gasteiger partial charge >= 0.3 is 0 Å². The van der Waals surface area contributed by atoms with E-state index in [0.717, 1.165) is 16.7 Å². The quantitative estimate of drug-likeness (QED) is 0.439. The lowest BCUT2D eigenvalue weighted by molar-refractivity contribution is 0.0951. The van der Waals surface area contributed by atoms with Gasteiger partial charge in [0.25, 0.3) is 5.91 Å². The van der Waals surface area contributed by atoms with Crippen molar-refractivity contribution in [1.82, 2.24) is 15.4 Å². The van der Waals surface area contributed by atoms with E-state index in [1.165, 1.54) is 6.21 Å². The van der Waals surface area contributed by atoms with Crippen LogP contribution >= 0.6 is 11.6 Å². The first-order chi connectivity index (χ1) is 11.2. The number of methoxy groups -OCH3 is 1. The fraction of sp³-hybridized carbons (Fsp3) is 0.0625. The zero-order valence-corrected chi connectivity index (χ0v) is 13.0. The molecule has 0 fully saturated rings. The van der Waals surface area contributed by atoms with Crippen molar-refractivity contribution in [2.45, 2.75) is 0 Å². The molecular formula is C16H13ClN4O2. The van der Waals surface area contributed by atoms with Crippen molar-refractivity contribution in [3.05, 3.63) is 59.0 Å². The summed E-state index contributed by atoms with van der Waals surface area (Å²) < 4.78 is 5.19. The maximum atomic E-state index is 11.8. The van der Waals surface area contributed by atoms with E-state index in [2.05, 4.69) is 20.5 Å². The second kappa shape index (κ2) is 6.50. The van der Waals surface area contributed by atoms with Crippen LogP contribution in [0.2, 0.25) is 5.15 Å². The summed E-state index contributed by atoms with van der Waals surface area (Å²) in [4.78, 5) is 18.8. The Morgan fingerprint density at radius 3 is 3.00 bits per heavy atom. The van der Waals surface area contributed by atoms with E-state index >= 15 is 0 Å². The Morgan fingerprint density at radius 1 is 1.39 bits per heavy atom. The molecule has 0 aliphatic heterocycles. The average molecular weight is 329 g/mol. The molecule has 1 aromatic carbocycles. The van der Waals surface area contributed by atoms with Gasteiger partial charge in [-0.05, 0) is 36.4 Å².